The Balaban J connectivity index is 0. The summed E-state index contributed by atoms with van der Waals surface area (Å²) < 4.78 is 0. The molecular formula is C3H12B-. The molecule has 0 spiro atoms. The zero-order valence-electron chi connectivity index (χ0n) is 2.71. The van der Waals surface area contributed by atoms with Crippen LogP contribution in [0.5, 0.6) is 0 Å². The Kier molecular flexibility index (Phi) is 25.8. The van der Waals surface area contributed by atoms with Crippen LogP contribution in [0.15, 0.2) is 0 Å². The Morgan fingerprint density at radius 1 is 1.25 bits per heavy atom. The first-order valence-corrected chi connectivity index (χ1v) is 1.41. The molecule has 4 heavy (non-hydrogen) atoms. The lowest BCUT2D eigenvalue weighted by Crippen LogP contribution is -1.27. The monoisotopic (exact) mass is 59.1 g/mol. The first-order valence-electron chi connectivity index (χ1n) is 1.41. The molecule has 0 aromatic carbocycles. The lowest BCUT2D eigenvalue weighted by atomic mass is 10.6. The van der Waals surface area contributed by atoms with Crippen LogP contribution in [0.25, 0.3) is 0 Å². The van der Waals surface area contributed by atoms with Crippen molar-refractivity contribution >= 4 is 8.41 Å². The van der Waals surface area contributed by atoms with Crippen molar-refractivity contribution in [2.45, 2.75) is 20.3 Å². The molecule has 28 valence electrons. The van der Waals surface area contributed by atoms with Gasteiger partial charge in [0.1, 0.15) is 0 Å². The zero-order valence-corrected chi connectivity index (χ0v) is 2.71. The summed E-state index contributed by atoms with van der Waals surface area (Å²) in [5.41, 5.74) is 0. The molecule has 0 nitrogen and oxygen atoms in total. The number of rotatable bonds is 0. The van der Waals surface area contributed by atoms with Crippen molar-refractivity contribution in [3.63, 3.8) is 0 Å². The van der Waals surface area contributed by atoms with Crippen molar-refractivity contribution in [3.05, 3.63) is 0 Å². The predicted molar refractivity (Wildman–Crippen MR) is 27.3 cm³/mol. The van der Waals surface area contributed by atoms with Crippen LogP contribution in [0.2, 0.25) is 0 Å². The lowest BCUT2D eigenvalue weighted by Gasteiger charge is -1.48. The zero-order chi connectivity index (χ0) is 2.71. The molecule has 0 aliphatic carbocycles. The molecule has 0 aromatic rings. The van der Waals surface area contributed by atoms with Crippen molar-refractivity contribution in [3.8, 4) is 0 Å². The molecule has 0 aromatic heterocycles. The van der Waals surface area contributed by atoms with E-state index in [9.17, 15) is 0 Å². The number of hydrogen-bond donors (Lipinski definition) is 0. The molecule has 0 radical (unpaired) electrons. The van der Waals surface area contributed by atoms with Gasteiger partial charge < -0.3 is 0 Å². The lowest BCUT2D eigenvalue weighted by molar-refractivity contribution is 1.09. The van der Waals surface area contributed by atoms with Gasteiger partial charge >= 0.3 is 0 Å². The maximum atomic E-state index is 2.12. The SMILES string of the molecule is CCC.[BH4-]. The topological polar surface area (TPSA) is 0 Å². The maximum Gasteiger partial charge on any atom is -0.0590 e. The second kappa shape index (κ2) is 11.5. The van der Waals surface area contributed by atoms with E-state index in [1.165, 1.54) is 6.42 Å². The summed E-state index contributed by atoms with van der Waals surface area (Å²) in [5.74, 6) is 0. The normalized spacial score (nSPS) is 4.50. The molecule has 0 aliphatic heterocycles. The van der Waals surface area contributed by atoms with E-state index in [1.807, 2.05) is 0 Å². The van der Waals surface area contributed by atoms with Gasteiger partial charge in [-0.05, 0) is 0 Å². The Labute approximate surface area is 29.8 Å². The average Bonchev–Trinajstić information content (AvgIpc) is 0.918. The largest absolute Gasteiger partial charge is 0.0656 e. The van der Waals surface area contributed by atoms with Gasteiger partial charge in [-0.25, -0.2) is 0 Å². The van der Waals surface area contributed by atoms with Crippen LogP contribution >= 0.6 is 0 Å². The third-order valence-corrected chi connectivity index (χ3v) is 0. The molecule has 0 atom stereocenters. The van der Waals surface area contributed by atoms with Crippen LogP contribution in [0, 0.1) is 0 Å². The minimum Gasteiger partial charge on any atom is -0.0656 e. The van der Waals surface area contributed by atoms with Crippen molar-refractivity contribution in [2.24, 2.45) is 0 Å². The quantitative estimate of drug-likeness (QED) is 0.343. The summed E-state index contributed by atoms with van der Waals surface area (Å²) in [7, 11) is 0. The van der Waals surface area contributed by atoms with Crippen molar-refractivity contribution in [2.75, 3.05) is 0 Å². The van der Waals surface area contributed by atoms with Gasteiger partial charge in [0.2, 0.25) is 0 Å². The Bertz CT molecular complexity index is 3.25. The Hall–Kier alpha value is 0.0649. The van der Waals surface area contributed by atoms with E-state index in [1.54, 1.807) is 0 Å². The summed E-state index contributed by atoms with van der Waals surface area (Å²) in [5, 5.41) is 0. The fourth-order valence-corrected chi connectivity index (χ4v) is 0. The molecule has 0 bridgehead atoms. The van der Waals surface area contributed by atoms with Crippen molar-refractivity contribution in [1.82, 2.24) is 0 Å². The number of hydrogen-bond acceptors (Lipinski definition) is 0. The molecule has 0 rings (SSSR count). The van der Waals surface area contributed by atoms with Gasteiger partial charge in [-0.1, -0.05) is 28.7 Å². The second-order valence-electron chi connectivity index (χ2n) is 0.707. The third kappa shape index (κ3) is 555. The summed E-state index contributed by atoms with van der Waals surface area (Å²) in [6.07, 6.45) is 1.25. The molecule has 0 fully saturated rings. The van der Waals surface area contributed by atoms with Crippen LogP contribution < -0.4 is 0 Å². The van der Waals surface area contributed by atoms with Crippen LogP contribution in [0.1, 0.15) is 20.3 Å². The highest BCUT2D eigenvalue weighted by Crippen LogP contribution is 1.56. The molecule has 0 N–H and O–H groups in total. The Morgan fingerprint density at radius 2 is 1.25 bits per heavy atom. The predicted octanol–water partition coefficient (Wildman–Crippen LogP) is -0.0353. The van der Waals surface area contributed by atoms with E-state index in [4.69, 9.17) is 0 Å². The van der Waals surface area contributed by atoms with Gasteiger partial charge in [-0.3, -0.25) is 0 Å². The molecule has 0 unspecified atom stereocenters. The minimum absolute atomic E-state index is 0. The van der Waals surface area contributed by atoms with E-state index < -0.39 is 0 Å². The van der Waals surface area contributed by atoms with Gasteiger partial charge in [-0.15, -0.1) is 0 Å². The third-order valence-electron chi connectivity index (χ3n) is 0. The van der Waals surface area contributed by atoms with Gasteiger partial charge in [0, 0.05) is 0 Å². The van der Waals surface area contributed by atoms with Crippen LogP contribution in [-0.4, -0.2) is 8.41 Å². The summed E-state index contributed by atoms with van der Waals surface area (Å²) in [4.78, 5) is 0. The molecule has 1 heteroatoms. The standard InChI is InChI=1S/C3H8.BH4/c1-3-2;/h3H2,1-2H3;1H4/q;-1. The smallest absolute Gasteiger partial charge is 0.0590 e. The highest BCUT2D eigenvalue weighted by molar-refractivity contribution is 5.75. The molecule has 0 saturated carbocycles. The second-order valence-corrected chi connectivity index (χ2v) is 0.707. The van der Waals surface area contributed by atoms with Crippen LogP contribution in [0.3, 0.4) is 0 Å². The molecule has 0 saturated heterocycles. The summed E-state index contributed by atoms with van der Waals surface area (Å²) in [6, 6.07) is 0. The fourth-order valence-electron chi connectivity index (χ4n) is 0. The molecule has 0 amide bonds. The van der Waals surface area contributed by atoms with Gasteiger partial charge in [0.05, 0.1) is 0 Å². The minimum atomic E-state index is 0. The maximum absolute atomic E-state index is 2.12. The highest BCUT2D eigenvalue weighted by atomic mass is 13.4. The van der Waals surface area contributed by atoms with Crippen LogP contribution in [-0.2, 0) is 0 Å². The van der Waals surface area contributed by atoms with Gasteiger partial charge in [0.25, 0.3) is 0 Å². The van der Waals surface area contributed by atoms with E-state index >= 15 is 0 Å². The fraction of sp³-hybridized carbons (Fsp3) is 1.00. The summed E-state index contributed by atoms with van der Waals surface area (Å²) >= 11 is 0. The van der Waals surface area contributed by atoms with E-state index in [0.29, 0.717) is 0 Å². The first-order chi connectivity index (χ1) is 1.41. The van der Waals surface area contributed by atoms with Crippen LogP contribution in [0.4, 0.5) is 0 Å². The van der Waals surface area contributed by atoms with Gasteiger partial charge in [-0.2, -0.15) is 0 Å². The average molecular weight is 58.9 g/mol. The van der Waals surface area contributed by atoms with E-state index in [-0.39, 0.29) is 8.41 Å². The first kappa shape index (κ1) is 8.96. The van der Waals surface area contributed by atoms with Gasteiger partial charge in [0.15, 0.2) is 0 Å². The van der Waals surface area contributed by atoms with E-state index in [0.717, 1.165) is 0 Å². The molecular weight excluding hydrogens is 46.8 g/mol. The molecule has 0 heterocycles. The van der Waals surface area contributed by atoms with E-state index in [2.05, 4.69) is 13.8 Å². The molecule has 0 aliphatic rings. The highest BCUT2D eigenvalue weighted by Gasteiger charge is 1.35. The van der Waals surface area contributed by atoms with Crippen molar-refractivity contribution in [1.29, 1.82) is 0 Å². The van der Waals surface area contributed by atoms with Crippen molar-refractivity contribution < 1.29 is 0 Å². The summed E-state index contributed by atoms with van der Waals surface area (Å²) in [6.45, 7) is 4.25. The Morgan fingerprint density at radius 3 is 1.25 bits per heavy atom.